The minimum absolute atomic E-state index is 0.767. The van der Waals surface area contributed by atoms with Gasteiger partial charge in [0.15, 0.2) is 0 Å². The fourth-order valence-electron chi connectivity index (χ4n) is 3.23. The van der Waals surface area contributed by atoms with Crippen molar-refractivity contribution >= 4 is 0 Å². The summed E-state index contributed by atoms with van der Waals surface area (Å²) in [5.41, 5.74) is 1.49. The maximum absolute atomic E-state index is 5.56. The van der Waals surface area contributed by atoms with E-state index in [2.05, 4.69) is 38.1 Å². The second kappa shape index (κ2) is 8.14. The molecule has 1 aliphatic carbocycles. The van der Waals surface area contributed by atoms with Crippen LogP contribution in [-0.4, -0.2) is 0 Å². The van der Waals surface area contributed by atoms with Gasteiger partial charge in [0.1, 0.15) is 5.75 Å². The first-order valence-electron chi connectivity index (χ1n) is 8.25. The molecule has 1 fully saturated rings. The maximum Gasteiger partial charge on any atom is 0.126 e. The minimum atomic E-state index is 0.767. The lowest BCUT2D eigenvalue weighted by molar-refractivity contribution is 0.308. The smallest absolute Gasteiger partial charge is 0.126 e. The van der Waals surface area contributed by atoms with Crippen LogP contribution in [0.1, 0.15) is 70.3 Å². The molecule has 1 aromatic carbocycles. The van der Waals surface area contributed by atoms with Crippen molar-refractivity contribution in [3.05, 3.63) is 42.2 Å². The average molecular weight is 272 g/mol. The third kappa shape index (κ3) is 4.40. The van der Waals surface area contributed by atoms with Crippen LogP contribution in [0.15, 0.2) is 36.6 Å². The molecule has 1 saturated carbocycles. The molecule has 110 valence electrons. The van der Waals surface area contributed by atoms with Crippen molar-refractivity contribution in [1.82, 2.24) is 0 Å². The topological polar surface area (TPSA) is 9.23 Å². The molecular weight excluding hydrogens is 244 g/mol. The lowest BCUT2D eigenvalue weighted by atomic mass is 9.77. The summed E-state index contributed by atoms with van der Waals surface area (Å²) < 4.78 is 5.56. The zero-order valence-corrected chi connectivity index (χ0v) is 13.0. The Morgan fingerprint density at radius 2 is 1.75 bits per heavy atom. The summed E-state index contributed by atoms with van der Waals surface area (Å²) in [6.07, 6.45) is 13.1. The van der Waals surface area contributed by atoms with Crippen LogP contribution in [-0.2, 0) is 0 Å². The Labute approximate surface area is 124 Å². The van der Waals surface area contributed by atoms with Crippen molar-refractivity contribution in [3.8, 4) is 5.75 Å². The number of hydrogen-bond donors (Lipinski definition) is 0. The van der Waals surface area contributed by atoms with Gasteiger partial charge in [0, 0.05) is 0 Å². The van der Waals surface area contributed by atoms with Crippen molar-refractivity contribution < 1.29 is 4.74 Å². The van der Waals surface area contributed by atoms with E-state index in [4.69, 9.17) is 4.74 Å². The molecule has 0 bridgehead atoms. The van der Waals surface area contributed by atoms with Gasteiger partial charge >= 0.3 is 0 Å². The molecule has 1 aliphatic rings. The molecule has 0 saturated heterocycles. The first kappa shape index (κ1) is 15.2. The summed E-state index contributed by atoms with van der Waals surface area (Å²) in [6, 6.07) is 8.71. The summed E-state index contributed by atoms with van der Waals surface area (Å²) in [7, 11) is 0. The van der Waals surface area contributed by atoms with E-state index in [1.807, 2.05) is 6.08 Å². The predicted octanol–water partition coefficient (Wildman–Crippen LogP) is 6.06. The van der Waals surface area contributed by atoms with E-state index in [0.717, 1.165) is 24.0 Å². The third-order valence-corrected chi connectivity index (χ3v) is 4.43. The lowest BCUT2D eigenvalue weighted by Crippen LogP contribution is -2.13. The Bertz CT molecular complexity index is 396. The van der Waals surface area contributed by atoms with Gasteiger partial charge in [-0.2, -0.15) is 0 Å². The van der Waals surface area contributed by atoms with E-state index in [1.165, 1.54) is 44.1 Å². The molecule has 0 atom stereocenters. The van der Waals surface area contributed by atoms with Gasteiger partial charge in [-0.25, -0.2) is 0 Å². The molecule has 1 aromatic rings. The van der Waals surface area contributed by atoms with E-state index in [-0.39, 0.29) is 0 Å². The summed E-state index contributed by atoms with van der Waals surface area (Å²) in [4.78, 5) is 0. The molecule has 1 nitrogen and oxygen atoms in total. The van der Waals surface area contributed by atoms with E-state index in [1.54, 1.807) is 6.26 Å². The standard InChI is InChI=1S/C19H28O/c1-3-5-15-20-19-13-11-18(12-14-19)17-9-7-16(6-4-2)8-10-17/h5,11-17H,3-4,6-10H2,1-2H3. The molecule has 0 radical (unpaired) electrons. The highest BCUT2D eigenvalue weighted by Crippen LogP contribution is 2.37. The largest absolute Gasteiger partial charge is 0.465 e. The van der Waals surface area contributed by atoms with Crippen molar-refractivity contribution in [2.75, 3.05) is 0 Å². The highest BCUT2D eigenvalue weighted by atomic mass is 16.5. The summed E-state index contributed by atoms with van der Waals surface area (Å²) in [5, 5.41) is 0. The Morgan fingerprint density at radius 3 is 2.35 bits per heavy atom. The molecule has 0 amide bonds. The molecule has 20 heavy (non-hydrogen) atoms. The molecule has 0 aliphatic heterocycles. The highest BCUT2D eigenvalue weighted by molar-refractivity contribution is 5.30. The Morgan fingerprint density at radius 1 is 1.05 bits per heavy atom. The molecule has 0 aromatic heterocycles. The van der Waals surface area contributed by atoms with Crippen molar-refractivity contribution in [2.24, 2.45) is 5.92 Å². The normalized spacial score (nSPS) is 23.1. The van der Waals surface area contributed by atoms with Crippen LogP contribution in [0, 0.1) is 5.92 Å². The van der Waals surface area contributed by atoms with Gasteiger partial charge in [0.05, 0.1) is 6.26 Å². The highest BCUT2D eigenvalue weighted by Gasteiger charge is 2.21. The van der Waals surface area contributed by atoms with E-state index in [9.17, 15) is 0 Å². The van der Waals surface area contributed by atoms with Crippen LogP contribution < -0.4 is 4.74 Å². The van der Waals surface area contributed by atoms with Gasteiger partial charge in [-0.1, -0.05) is 38.8 Å². The van der Waals surface area contributed by atoms with Gasteiger partial charge in [-0.3, -0.25) is 0 Å². The molecule has 0 spiro atoms. The van der Waals surface area contributed by atoms with Gasteiger partial charge < -0.3 is 4.74 Å². The lowest BCUT2D eigenvalue weighted by Gasteiger charge is -2.28. The van der Waals surface area contributed by atoms with Gasteiger partial charge in [-0.15, -0.1) is 0 Å². The van der Waals surface area contributed by atoms with Crippen LogP contribution in [0.5, 0.6) is 5.75 Å². The van der Waals surface area contributed by atoms with Crippen molar-refractivity contribution in [2.45, 2.75) is 64.7 Å². The second-order valence-corrected chi connectivity index (χ2v) is 5.97. The molecular formula is C19H28O. The quantitative estimate of drug-likeness (QED) is 0.572. The molecule has 0 heterocycles. The fraction of sp³-hybridized carbons (Fsp3) is 0.579. The van der Waals surface area contributed by atoms with Gasteiger partial charge in [0.2, 0.25) is 0 Å². The summed E-state index contributed by atoms with van der Waals surface area (Å²) in [6.45, 7) is 4.41. The summed E-state index contributed by atoms with van der Waals surface area (Å²) in [5.74, 6) is 2.69. The maximum atomic E-state index is 5.56. The summed E-state index contributed by atoms with van der Waals surface area (Å²) >= 11 is 0. The van der Waals surface area contributed by atoms with Gasteiger partial charge in [0.25, 0.3) is 0 Å². The van der Waals surface area contributed by atoms with E-state index >= 15 is 0 Å². The van der Waals surface area contributed by atoms with E-state index < -0.39 is 0 Å². The Kier molecular flexibility index (Phi) is 6.17. The second-order valence-electron chi connectivity index (χ2n) is 5.97. The fourth-order valence-corrected chi connectivity index (χ4v) is 3.23. The zero-order valence-electron chi connectivity index (χ0n) is 13.0. The van der Waals surface area contributed by atoms with Gasteiger partial charge in [-0.05, 0) is 67.7 Å². The van der Waals surface area contributed by atoms with E-state index in [0.29, 0.717) is 0 Å². The van der Waals surface area contributed by atoms with Crippen LogP contribution >= 0.6 is 0 Å². The Balaban J connectivity index is 1.86. The SMILES string of the molecule is CCC=COc1ccc(C2CCC(CCC)CC2)cc1. The Hall–Kier alpha value is -1.24. The van der Waals surface area contributed by atoms with Crippen molar-refractivity contribution in [3.63, 3.8) is 0 Å². The number of ether oxygens (including phenoxy) is 1. The van der Waals surface area contributed by atoms with Crippen LogP contribution in [0.3, 0.4) is 0 Å². The number of benzene rings is 1. The first-order valence-corrected chi connectivity index (χ1v) is 8.25. The molecule has 2 rings (SSSR count). The predicted molar refractivity (Wildman–Crippen MR) is 86.1 cm³/mol. The molecule has 0 N–H and O–H groups in total. The molecule has 0 unspecified atom stereocenters. The minimum Gasteiger partial charge on any atom is -0.465 e. The number of rotatable bonds is 6. The third-order valence-electron chi connectivity index (χ3n) is 4.43. The van der Waals surface area contributed by atoms with Crippen LogP contribution in [0.2, 0.25) is 0 Å². The zero-order chi connectivity index (χ0) is 14.2. The number of allylic oxidation sites excluding steroid dienone is 1. The molecule has 1 heteroatoms. The monoisotopic (exact) mass is 272 g/mol. The first-order chi connectivity index (χ1) is 9.83. The van der Waals surface area contributed by atoms with Crippen molar-refractivity contribution in [1.29, 1.82) is 0 Å². The van der Waals surface area contributed by atoms with Crippen LogP contribution in [0.25, 0.3) is 0 Å². The van der Waals surface area contributed by atoms with Crippen LogP contribution in [0.4, 0.5) is 0 Å². The average Bonchev–Trinajstić information content (AvgIpc) is 2.49. The number of hydrogen-bond acceptors (Lipinski definition) is 1.